The highest BCUT2D eigenvalue weighted by atomic mass is 127. The van der Waals surface area contributed by atoms with Crippen LogP contribution in [-0.4, -0.2) is 26.8 Å². The molecule has 0 bridgehead atoms. The molecular formula is C11H14FIN2O2S. The zero-order chi connectivity index (χ0) is 13.2. The summed E-state index contributed by atoms with van der Waals surface area (Å²) < 4.78 is 40.4. The third-order valence-corrected chi connectivity index (χ3v) is 5.65. The zero-order valence-corrected chi connectivity index (χ0v) is 12.6. The SMILES string of the molecule is O=S(=O)(Nc1ccc(F)cc1I)C1CCNCC1. The molecule has 4 nitrogen and oxygen atoms in total. The highest BCUT2D eigenvalue weighted by Gasteiger charge is 2.27. The smallest absolute Gasteiger partial charge is 0.235 e. The Bertz CT molecular complexity index is 530. The van der Waals surface area contributed by atoms with E-state index in [-0.39, 0.29) is 11.1 Å². The molecule has 18 heavy (non-hydrogen) atoms. The van der Waals surface area contributed by atoms with Gasteiger partial charge in [0, 0.05) is 3.57 Å². The first kappa shape index (κ1) is 14.0. The largest absolute Gasteiger partial charge is 0.317 e. The molecule has 1 saturated heterocycles. The second-order valence-corrected chi connectivity index (χ2v) is 7.34. The molecule has 2 N–H and O–H groups in total. The lowest BCUT2D eigenvalue weighted by Gasteiger charge is -2.23. The maximum atomic E-state index is 12.9. The van der Waals surface area contributed by atoms with Crippen LogP contribution >= 0.6 is 22.6 Å². The monoisotopic (exact) mass is 384 g/mol. The van der Waals surface area contributed by atoms with Crippen LogP contribution in [-0.2, 0) is 10.0 Å². The summed E-state index contributed by atoms with van der Waals surface area (Å²) in [5.74, 6) is -0.371. The molecule has 100 valence electrons. The van der Waals surface area contributed by atoms with Gasteiger partial charge in [0.25, 0.3) is 0 Å². The molecule has 1 aliphatic rings. The van der Waals surface area contributed by atoms with Gasteiger partial charge in [0.2, 0.25) is 10.0 Å². The van der Waals surface area contributed by atoms with Crippen LogP contribution in [0.2, 0.25) is 0 Å². The Labute approximate surface area is 120 Å². The lowest BCUT2D eigenvalue weighted by molar-refractivity contribution is 0.499. The maximum absolute atomic E-state index is 12.9. The maximum Gasteiger partial charge on any atom is 0.235 e. The third-order valence-electron chi connectivity index (χ3n) is 2.91. The third kappa shape index (κ3) is 3.33. The van der Waals surface area contributed by atoms with E-state index in [0.29, 0.717) is 35.2 Å². The number of hydrogen-bond acceptors (Lipinski definition) is 3. The normalized spacial score (nSPS) is 17.7. The van der Waals surface area contributed by atoms with Gasteiger partial charge in [0.15, 0.2) is 0 Å². The van der Waals surface area contributed by atoms with Crippen LogP contribution in [0.3, 0.4) is 0 Å². The first-order valence-electron chi connectivity index (χ1n) is 5.66. The fraction of sp³-hybridized carbons (Fsp3) is 0.455. The molecule has 1 heterocycles. The van der Waals surface area contributed by atoms with Crippen molar-refractivity contribution >= 4 is 38.3 Å². The number of piperidine rings is 1. The second kappa shape index (κ2) is 5.70. The topological polar surface area (TPSA) is 58.2 Å². The van der Waals surface area contributed by atoms with Crippen molar-refractivity contribution in [2.24, 2.45) is 0 Å². The predicted octanol–water partition coefficient (Wildman–Crippen LogP) is 1.92. The molecule has 0 saturated carbocycles. The van der Waals surface area contributed by atoms with Gasteiger partial charge in [-0.05, 0) is 66.7 Å². The van der Waals surface area contributed by atoms with E-state index in [9.17, 15) is 12.8 Å². The fourth-order valence-corrected chi connectivity index (χ4v) is 4.22. The van der Waals surface area contributed by atoms with Crippen LogP contribution in [0.5, 0.6) is 0 Å². The number of benzene rings is 1. The van der Waals surface area contributed by atoms with Crippen LogP contribution in [0.4, 0.5) is 10.1 Å². The Balaban J connectivity index is 2.16. The van der Waals surface area contributed by atoms with Crippen LogP contribution in [0.15, 0.2) is 18.2 Å². The molecule has 1 aromatic rings. The Hall–Kier alpha value is -0.410. The zero-order valence-electron chi connectivity index (χ0n) is 9.62. The van der Waals surface area contributed by atoms with E-state index >= 15 is 0 Å². The van der Waals surface area contributed by atoms with Gasteiger partial charge in [-0.2, -0.15) is 0 Å². The van der Waals surface area contributed by atoms with E-state index in [0.717, 1.165) is 0 Å². The lowest BCUT2D eigenvalue weighted by Crippen LogP contribution is -2.38. The lowest BCUT2D eigenvalue weighted by atomic mass is 10.2. The first-order valence-corrected chi connectivity index (χ1v) is 8.29. The summed E-state index contributed by atoms with van der Waals surface area (Å²) in [6.45, 7) is 1.43. The number of nitrogens with one attached hydrogen (secondary N) is 2. The average Bonchev–Trinajstić information content (AvgIpc) is 2.34. The van der Waals surface area contributed by atoms with Crippen LogP contribution in [0, 0.1) is 9.39 Å². The van der Waals surface area contributed by atoms with Gasteiger partial charge < -0.3 is 5.32 Å². The van der Waals surface area contributed by atoms with E-state index in [1.807, 2.05) is 22.6 Å². The highest BCUT2D eigenvalue weighted by Crippen LogP contribution is 2.23. The minimum atomic E-state index is -3.39. The molecule has 1 aromatic carbocycles. The second-order valence-electron chi connectivity index (χ2n) is 4.22. The van der Waals surface area contributed by atoms with Crippen molar-refractivity contribution in [3.8, 4) is 0 Å². The highest BCUT2D eigenvalue weighted by molar-refractivity contribution is 14.1. The molecule has 2 rings (SSSR count). The van der Waals surface area contributed by atoms with Crippen LogP contribution in [0.25, 0.3) is 0 Å². The van der Waals surface area contributed by atoms with Gasteiger partial charge in [-0.25, -0.2) is 12.8 Å². The van der Waals surface area contributed by atoms with Crippen molar-refractivity contribution in [3.05, 3.63) is 27.6 Å². The van der Waals surface area contributed by atoms with E-state index in [1.165, 1.54) is 18.2 Å². The van der Waals surface area contributed by atoms with Gasteiger partial charge in [-0.1, -0.05) is 0 Å². The predicted molar refractivity (Wildman–Crippen MR) is 77.6 cm³/mol. The number of sulfonamides is 1. The van der Waals surface area contributed by atoms with Crippen molar-refractivity contribution in [2.45, 2.75) is 18.1 Å². The number of rotatable bonds is 3. The van der Waals surface area contributed by atoms with Crippen molar-refractivity contribution < 1.29 is 12.8 Å². The molecule has 0 aliphatic carbocycles. The Morgan fingerprint density at radius 1 is 1.33 bits per heavy atom. The summed E-state index contributed by atoms with van der Waals surface area (Å²) in [7, 11) is -3.39. The fourth-order valence-electron chi connectivity index (χ4n) is 1.91. The molecule has 1 aliphatic heterocycles. The average molecular weight is 384 g/mol. The molecule has 0 radical (unpaired) electrons. The van der Waals surface area contributed by atoms with Crippen molar-refractivity contribution in [2.75, 3.05) is 17.8 Å². The minimum Gasteiger partial charge on any atom is -0.317 e. The standard InChI is InChI=1S/C11H14FIN2O2S/c12-8-1-2-11(10(13)7-8)15-18(16,17)9-3-5-14-6-4-9/h1-2,7,9,14-15H,3-6H2. The Morgan fingerprint density at radius 3 is 2.61 bits per heavy atom. The summed E-state index contributed by atoms with van der Waals surface area (Å²) in [4.78, 5) is 0. The summed E-state index contributed by atoms with van der Waals surface area (Å²) in [5, 5.41) is 2.75. The van der Waals surface area contributed by atoms with Gasteiger partial charge in [0.05, 0.1) is 10.9 Å². The van der Waals surface area contributed by atoms with Crippen LogP contribution in [0.1, 0.15) is 12.8 Å². The summed E-state index contributed by atoms with van der Waals surface area (Å²) in [6, 6.07) is 4.01. The van der Waals surface area contributed by atoms with E-state index in [4.69, 9.17) is 0 Å². The van der Waals surface area contributed by atoms with Gasteiger partial charge in [-0.15, -0.1) is 0 Å². The Kier molecular flexibility index (Phi) is 4.44. The van der Waals surface area contributed by atoms with E-state index in [2.05, 4.69) is 10.0 Å². The minimum absolute atomic E-state index is 0.371. The number of hydrogen-bond donors (Lipinski definition) is 2. The van der Waals surface area contributed by atoms with Gasteiger partial charge in [0.1, 0.15) is 5.82 Å². The van der Waals surface area contributed by atoms with E-state index < -0.39 is 10.0 Å². The molecular weight excluding hydrogens is 370 g/mol. The van der Waals surface area contributed by atoms with Gasteiger partial charge >= 0.3 is 0 Å². The van der Waals surface area contributed by atoms with Crippen molar-refractivity contribution in [1.29, 1.82) is 0 Å². The number of anilines is 1. The molecule has 0 unspecified atom stereocenters. The summed E-state index contributed by atoms with van der Waals surface area (Å²) in [5.41, 5.74) is 0.440. The number of halogens is 2. The Morgan fingerprint density at radius 2 is 2.00 bits per heavy atom. The molecule has 0 atom stereocenters. The molecule has 0 aromatic heterocycles. The van der Waals surface area contributed by atoms with Crippen molar-refractivity contribution in [3.63, 3.8) is 0 Å². The molecule has 0 spiro atoms. The quantitative estimate of drug-likeness (QED) is 0.784. The van der Waals surface area contributed by atoms with Gasteiger partial charge in [-0.3, -0.25) is 4.72 Å². The summed E-state index contributed by atoms with van der Waals surface area (Å²) in [6.07, 6.45) is 1.21. The molecule has 1 fully saturated rings. The van der Waals surface area contributed by atoms with E-state index in [1.54, 1.807) is 0 Å². The van der Waals surface area contributed by atoms with Crippen LogP contribution < -0.4 is 10.0 Å². The first-order chi connectivity index (χ1) is 8.49. The van der Waals surface area contributed by atoms with Crippen molar-refractivity contribution in [1.82, 2.24) is 5.32 Å². The molecule has 7 heteroatoms. The summed E-state index contributed by atoms with van der Waals surface area (Å²) >= 11 is 1.92. The molecule has 0 amide bonds.